The maximum atomic E-state index is 14.1. The number of nitrogens with zero attached hydrogens (tertiary/aromatic N) is 2. The van der Waals surface area contributed by atoms with Gasteiger partial charge in [0.05, 0.1) is 22.5 Å². The highest BCUT2D eigenvalue weighted by molar-refractivity contribution is 8.00. The molecular formula is C33H24Cl2FN3O4S2. The molecule has 228 valence electrons. The van der Waals surface area contributed by atoms with Crippen LogP contribution >= 0.6 is 46.3 Å². The Morgan fingerprint density at radius 2 is 1.49 bits per heavy atom. The summed E-state index contributed by atoms with van der Waals surface area (Å²) in [6, 6.07) is 19.7. The van der Waals surface area contributed by atoms with Crippen molar-refractivity contribution < 1.29 is 18.8 Å². The monoisotopic (exact) mass is 679 g/mol. The zero-order valence-electron chi connectivity index (χ0n) is 23.4. The van der Waals surface area contributed by atoms with Gasteiger partial charge in [0, 0.05) is 31.8 Å². The summed E-state index contributed by atoms with van der Waals surface area (Å²) < 4.78 is 15.6. The molecule has 8 rings (SSSR count). The van der Waals surface area contributed by atoms with Gasteiger partial charge >= 0.3 is 4.87 Å². The number of hydrogen-bond acceptors (Lipinski definition) is 6. The lowest BCUT2D eigenvalue weighted by molar-refractivity contribution is -0.123. The van der Waals surface area contributed by atoms with Crippen LogP contribution in [0.5, 0.6) is 0 Å². The lowest BCUT2D eigenvalue weighted by Gasteiger charge is -2.43. The topological polar surface area (TPSA) is 88.5 Å². The van der Waals surface area contributed by atoms with Gasteiger partial charge in [-0.3, -0.25) is 28.6 Å². The molecule has 2 saturated carbocycles. The second-order valence-electron chi connectivity index (χ2n) is 12.0. The molecule has 0 spiro atoms. The SMILES string of the molecule is O=C(Cn1c2c(sc1=O)[C@H](c1ccc(F)cc1)[C@H]1[C@@H]3C[C@@H]([C@@H]1S2)[C@H]1C(=O)N(c2ccc(Cl)cc2)C(=O)[C@H]31)Nc1ccc(Cl)cc1. The molecule has 3 heterocycles. The number of aromatic nitrogens is 1. The van der Waals surface area contributed by atoms with Gasteiger partial charge in [0.2, 0.25) is 17.7 Å². The zero-order chi connectivity index (χ0) is 31.1. The number of carbonyl (C=O) groups is 3. The summed E-state index contributed by atoms with van der Waals surface area (Å²) in [5.41, 5.74) is 1.92. The molecule has 7 nitrogen and oxygen atoms in total. The fourth-order valence-corrected chi connectivity index (χ4v) is 11.4. The summed E-state index contributed by atoms with van der Waals surface area (Å²) in [5, 5.41) is 4.51. The summed E-state index contributed by atoms with van der Waals surface area (Å²) in [4.78, 5) is 56.3. The van der Waals surface area contributed by atoms with E-state index in [-0.39, 0.29) is 63.9 Å². The van der Waals surface area contributed by atoms with Crippen LogP contribution in [-0.4, -0.2) is 27.5 Å². The number of anilines is 2. The van der Waals surface area contributed by atoms with E-state index in [0.29, 0.717) is 26.4 Å². The number of thiazole rings is 1. The molecule has 7 atom stereocenters. The molecule has 12 heteroatoms. The van der Waals surface area contributed by atoms with Crippen molar-refractivity contribution >= 4 is 75.4 Å². The lowest BCUT2D eigenvalue weighted by atomic mass is 9.68. The molecule has 3 fully saturated rings. The van der Waals surface area contributed by atoms with E-state index in [2.05, 4.69) is 5.32 Å². The normalized spacial score (nSPS) is 27.8. The third-order valence-corrected chi connectivity index (χ3v) is 13.0. The van der Waals surface area contributed by atoms with Gasteiger partial charge in [-0.25, -0.2) is 4.39 Å². The van der Waals surface area contributed by atoms with E-state index in [1.807, 2.05) is 0 Å². The minimum absolute atomic E-state index is 0.0458. The number of benzene rings is 3. The highest BCUT2D eigenvalue weighted by Gasteiger charge is 2.69. The highest BCUT2D eigenvalue weighted by Crippen LogP contribution is 2.69. The van der Waals surface area contributed by atoms with Crippen molar-refractivity contribution in [2.75, 3.05) is 10.2 Å². The Kier molecular flexibility index (Phi) is 6.98. The first-order valence-electron chi connectivity index (χ1n) is 14.5. The van der Waals surface area contributed by atoms with Crippen LogP contribution in [0.15, 0.2) is 82.6 Å². The van der Waals surface area contributed by atoms with E-state index in [4.69, 9.17) is 23.2 Å². The quantitative estimate of drug-likeness (QED) is 0.238. The number of amides is 3. The minimum Gasteiger partial charge on any atom is -0.325 e. The predicted molar refractivity (Wildman–Crippen MR) is 173 cm³/mol. The third-order valence-electron chi connectivity index (χ3n) is 9.69. The van der Waals surface area contributed by atoms with Gasteiger partial charge in [0.1, 0.15) is 12.4 Å². The number of fused-ring (bicyclic) bond motifs is 9. The first kappa shape index (κ1) is 29.0. The molecule has 4 aliphatic rings. The number of carbonyl (C=O) groups excluding carboxylic acids is 3. The lowest BCUT2D eigenvalue weighted by Crippen LogP contribution is -2.43. The largest absolute Gasteiger partial charge is 0.325 e. The molecule has 4 aromatic rings. The van der Waals surface area contributed by atoms with Crippen LogP contribution in [0.3, 0.4) is 0 Å². The van der Waals surface area contributed by atoms with E-state index in [1.165, 1.54) is 21.6 Å². The average molecular weight is 681 g/mol. The molecule has 0 unspecified atom stereocenters. The number of thioether (sulfide) groups is 1. The molecule has 2 bridgehead atoms. The Hall–Kier alpha value is -3.44. The number of halogens is 3. The van der Waals surface area contributed by atoms with Crippen molar-refractivity contribution in [2.24, 2.45) is 29.6 Å². The summed E-state index contributed by atoms with van der Waals surface area (Å²) in [6.45, 7) is -0.185. The van der Waals surface area contributed by atoms with E-state index >= 15 is 0 Å². The summed E-state index contributed by atoms with van der Waals surface area (Å²) in [6.07, 6.45) is 0.720. The van der Waals surface area contributed by atoms with Crippen LogP contribution in [0.2, 0.25) is 10.0 Å². The fourth-order valence-electron chi connectivity index (χ4n) is 8.02. The molecule has 1 saturated heterocycles. The molecule has 0 radical (unpaired) electrons. The van der Waals surface area contributed by atoms with Gasteiger partial charge in [-0.2, -0.15) is 0 Å². The molecule has 2 aliphatic carbocycles. The van der Waals surface area contributed by atoms with Crippen molar-refractivity contribution in [3.8, 4) is 0 Å². The van der Waals surface area contributed by atoms with E-state index in [1.54, 1.807) is 72.4 Å². The van der Waals surface area contributed by atoms with Crippen LogP contribution in [0.25, 0.3) is 0 Å². The maximum Gasteiger partial charge on any atom is 0.308 e. The van der Waals surface area contributed by atoms with Crippen molar-refractivity contribution in [3.05, 3.63) is 109 Å². The third kappa shape index (κ3) is 4.60. The van der Waals surface area contributed by atoms with Gasteiger partial charge in [0.25, 0.3) is 0 Å². The Morgan fingerprint density at radius 1 is 0.867 bits per heavy atom. The van der Waals surface area contributed by atoms with Gasteiger partial charge in [-0.1, -0.05) is 46.7 Å². The summed E-state index contributed by atoms with van der Waals surface area (Å²) in [7, 11) is 0. The van der Waals surface area contributed by atoms with Gasteiger partial charge in [-0.15, -0.1) is 11.8 Å². The Morgan fingerprint density at radius 3 is 2.16 bits per heavy atom. The summed E-state index contributed by atoms with van der Waals surface area (Å²) in [5.74, 6) is -2.56. The molecular weight excluding hydrogens is 656 g/mol. The van der Waals surface area contributed by atoms with Crippen LogP contribution in [0.1, 0.15) is 22.8 Å². The van der Waals surface area contributed by atoms with Crippen LogP contribution in [0, 0.1) is 35.4 Å². The molecule has 2 aliphatic heterocycles. The number of hydrogen-bond donors (Lipinski definition) is 1. The van der Waals surface area contributed by atoms with Crippen LogP contribution in [0.4, 0.5) is 15.8 Å². The summed E-state index contributed by atoms with van der Waals surface area (Å²) >= 11 is 14.7. The average Bonchev–Trinajstić information content (AvgIpc) is 3.74. The number of imide groups is 1. The Balaban J connectivity index is 1.17. The van der Waals surface area contributed by atoms with Gasteiger partial charge < -0.3 is 5.32 Å². The number of nitrogens with one attached hydrogen (secondary N) is 1. The van der Waals surface area contributed by atoms with E-state index in [9.17, 15) is 23.6 Å². The van der Waals surface area contributed by atoms with Gasteiger partial charge in [-0.05, 0) is 90.4 Å². The Labute approximate surface area is 275 Å². The smallest absolute Gasteiger partial charge is 0.308 e. The van der Waals surface area contributed by atoms with E-state index < -0.39 is 11.8 Å². The second-order valence-corrected chi connectivity index (χ2v) is 15.0. The standard InChI is InChI=1S/C33H24Cl2FN3O4S2/c34-16-3-9-19(10-4-16)37-23(40)14-38-32-29(45-33(38)43)24(15-1-7-18(36)8-2-15)25-21-13-22(28(25)44-32)27-26(21)30(41)39(31(27)42)20-11-5-17(35)6-12-20/h1-12,21-22,24-28H,13-14H2,(H,37,40)/t21-,22+,24+,25+,26+,27+,28-/m0/s1. The second kappa shape index (κ2) is 10.8. The van der Waals surface area contributed by atoms with Crippen molar-refractivity contribution in [3.63, 3.8) is 0 Å². The van der Waals surface area contributed by atoms with Crippen molar-refractivity contribution in [2.45, 2.75) is 29.2 Å². The predicted octanol–water partition coefficient (Wildman–Crippen LogP) is 6.67. The van der Waals surface area contributed by atoms with Gasteiger partial charge in [0.15, 0.2) is 0 Å². The van der Waals surface area contributed by atoms with Crippen molar-refractivity contribution in [1.29, 1.82) is 0 Å². The Bertz CT molecular complexity index is 1930. The first-order chi connectivity index (χ1) is 21.7. The van der Waals surface area contributed by atoms with Crippen LogP contribution < -0.4 is 15.1 Å². The molecule has 3 amide bonds. The molecule has 1 aromatic heterocycles. The minimum atomic E-state index is -0.464. The van der Waals surface area contributed by atoms with Crippen LogP contribution in [-0.2, 0) is 20.9 Å². The fraction of sp³-hybridized carbons (Fsp3) is 0.273. The van der Waals surface area contributed by atoms with Crippen molar-refractivity contribution in [1.82, 2.24) is 4.57 Å². The molecule has 1 N–H and O–H groups in total. The highest BCUT2D eigenvalue weighted by atomic mass is 35.5. The van der Waals surface area contributed by atoms with E-state index in [0.717, 1.165) is 28.2 Å². The number of rotatable bonds is 5. The zero-order valence-corrected chi connectivity index (χ0v) is 26.5. The first-order valence-corrected chi connectivity index (χ1v) is 17.0. The molecule has 45 heavy (non-hydrogen) atoms. The molecule has 3 aromatic carbocycles. The maximum absolute atomic E-state index is 14.1.